The van der Waals surface area contributed by atoms with Gasteiger partial charge in [-0.15, -0.1) is 0 Å². The predicted molar refractivity (Wildman–Crippen MR) is 122 cm³/mol. The molecule has 1 unspecified atom stereocenters. The molecule has 0 aliphatic carbocycles. The first-order chi connectivity index (χ1) is 15.9. The topological polar surface area (TPSA) is 105 Å². The Bertz CT molecular complexity index is 1060. The molecular weight excluding hydrogens is 449 g/mol. The summed E-state index contributed by atoms with van der Waals surface area (Å²) in [6.07, 6.45) is 1.01. The lowest BCUT2D eigenvalue weighted by atomic mass is 10.1. The third kappa shape index (κ3) is 6.66. The van der Waals surface area contributed by atoms with Crippen molar-refractivity contribution < 1.29 is 28.3 Å². The van der Waals surface area contributed by atoms with Crippen molar-refractivity contribution in [2.75, 3.05) is 20.2 Å². The number of rotatable bonds is 8. The second kappa shape index (κ2) is 11.3. The molecule has 2 aromatic rings. The minimum Gasteiger partial charge on any atom is -0.453 e. The van der Waals surface area contributed by atoms with Gasteiger partial charge in [0, 0.05) is 19.5 Å². The molecule has 0 spiro atoms. The molecule has 10 heteroatoms. The minimum atomic E-state index is -0.895. The average molecular weight is 472 g/mol. The maximum atomic E-state index is 13.1. The number of alkyl carbamates (subject to hydrolysis) is 1. The number of nitrogens with one attached hydrogen (secondary N) is 2. The number of carbonyl (C=O) groups excluding carboxylic acids is 4. The third-order valence-electron chi connectivity index (χ3n) is 4.75. The number of ether oxygens (including phenoxy) is 1. The quantitative estimate of drug-likeness (QED) is 0.574. The molecule has 1 fully saturated rings. The maximum Gasteiger partial charge on any atom is 0.407 e. The van der Waals surface area contributed by atoms with Gasteiger partial charge in [-0.05, 0) is 41.1 Å². The summed E-state index contributed by atoms with van der Waals surface area (Å²) in [5.41, 5.74) is 1.43. The number of halogens is 1. The summed E-state index contributed by atoms with van der Waals surface area (Å²) in [4.78, 5) is 50.4. The molecule has 3 rings (SSSR count). The lowest BCUT2D eigenvalue weighted by molar-refractivity contribution is -0.125. The van der Waals surface area contributed by atoms with Crippen LogP contribution >= 0.6 is 11.8 Å². The van der Waals surface area contributed by atoms with Gasteiger partial charge in [0.1, 0.15) is 11.9 Å². The normalized spacial score (nSPS) is 15.5. The summed E-state index contributed by atoms with van der Waals surface area (Å²) in [6, 6.07) is 13.8. The Hall–Kier alpha value is -3.66. The van der Waals surface area contributed by atoms with Gasteiger partial charge < -0.3 is 15.4 Å². The van der Waals surface area contributed by atoms with Gasteiger partial charge >= 0.3 is 6.09 Å². The van der Waals surface area contributed by atoms with Crippen LogP contribution in [0.15, 0.2) is 59.5 Å². The molecule has 0 radical (unpaired) electrons. The largest absolute Gasteiger partial charge is 0.453 e. The minimum absolute atomic E-state index is 0.00877. The van der Waals surface area contributed by atoms with Gasteiger partial charge in [-0.3, -0.25) is 19.3 Å². The van der Waals surface area contributed by atoms with Crippen LogP contribution in [0.4, 0.5) is 14.0 Å². The highest BCUT2D eigenvalue weighted by Crippen LogP contribution is 2.31. The monoisotopic (exact) mass is 471 g/mol. The van der Waals surface area contributed by atoms with E-state index in [-0.39, 0.29) is 24.4 Å². The average Bonchev–Trinajstić information content (AvgIpc) is 3.07. The van der Waals surface area contributed by atoms with Crippen LogP contribution in [0.1, 0.15) is 11.1 Å². The van der Waals surface area contributed by atoms with Gasteiger partial charge in [0.2, 0.25) is 5.91 Å². The van der Waals surface area contributed by atoms with E-state index in [1.807, 2.05) is 30.3 Å². The SMILES string of the molecule is COC(=O)NC(Cc1ccccc1)C(=O)NCCN1C(=O)S/C(=C/c2ccc(F)cc2)C1=O. The Morgan fingerprint density at radius 1 is 1.12 bits per heavy atom. The second-order valence-corrected chi connectivity index (χ2v) is 8.05. The summed E-state index contributed by atoms with van der Waals surface area (Å²) in [5.74, 6) is -1.36. The fourth-order valence-corrected chi connectivity index (χ4v) is 3.94. The Morgan fingerprint density at radius 3 is 2.48 bits per heavy atom. The predicted octanol–water partition coefficient (Wildman–Crippen LogP) is 2.95. The van der Waals surface area contributed by atoms with Crippen LogP contribution in [0.2, 0.25) is 0 Å². The lowest BCUT2D eigenvalue weighted by Gasteiger charge is -2.19. The summed E-state index contributed by atoms with van der Waals surface area (Å²) in [6.45, 7) is -0.0255. The van der Waals surface area contributed by atoms with E-state index in [0.29, 0.717) is 5.56 Å². The lowest BCUT2D eigenvalue weighted by Crippen LogP contribution is -2.49. The molecule has 33 heavy (non-hydrogen) atoms. The summed E-state index contributed by atoms with van der Waals surface area (Å²) >= 11 is 0.778. The van der Waals surface area contributed by atoms with Crippen LogP contribution < -0.4 is 10.6 Å². The van der Waals surface area contributed by atoms with E-state index in [4.69, 9.17) is 0 Å². The van der Waals surface area contributed by atoms with E-state index in [1.54, 1.807) is 0 Å². The fraction of sp³-hybridized carbons (Fsp3) is 0.217. The molecule has 2 aromatic carbocycles. The Labute approximate surface area is 194 Å². The molecule has 1 atom stereocenters. The number of carbonyl (C=O) groups is 4. The number of benzene rings is 2. The summed E-state index contributed by atoms with van der Waals surface area (Å²) < 4.78 is 17.6. The molecule has 1 heterocycles. The molecule has 1 aliphatic heterocycles. The zero-order valence-corrected chi connectivity index (χ0v) is 18.6. The molecule has 4 amide bonds. The first-order valence-electron chi connectivity index (χ1n) is 10.0. The first-order valence-corrected chi connectivity index (χ1v) is 10.9. The van der Waals surface area contributed by atoms with Crippen LogP contribution in [0.25, 0.3) is 6.08 Å². The summed E-state index contributed by atoms with van der Waals surface area (Å²) in [5, 5.41) is 4.67. The molecular formula is C23H22FN3O5S. The molecule has 8 nitrogen and oxygen atoms in total. The number of thioether (sulfide) groups is 1. The van der Waals surface area contributed by atoms with Crippen molar-refractivity contribution in [1.82, 2.24) is 15.5 Å². The van der Waals surface area contributed by atoms with Crippen molar-refractivity contribution in [2.24, 2.45) is 0 Å². The number of amides is 4. The van der Waals surface area contributed by atoms with E-state index in [0.717, 1.165) is 22.2 Å². The van der Waals surface area contributed by atoms with Crippen molar-refractivity contribution in [3.63, 3.8) is 0 Å². The molecule has 1 aliphatic rings. The van der Waals surface area contributed by atoms with Crippen LogP contribution in [0.3, 0.4) is 0 Å². The summed E-state index contributed by atoms with van der Waals surface area (Å²) in [7, 11) is 1.20. The van der Waals surface area contributed by atoms with Crippen molar-refractivity contribution in [2.45, 2.75) is 12.5 Å². The van der Waals surface area contributed by atoms with Gasteiger partial charge in [0.25, 0.3) is 11.1 Å². The smallest absolute Gasteiger partial charge is 0.407 e. The van der Waals surface area contributed by atoms with Gasteiger partial charge in [0.05, 0.1) is 12.0 Å². The zero-order chi connectivity index (χ0) is 23.8. The van der Waals surface area contributed by atoms with Gasteiger partial charge in [-0.1, -0.05) is 42.5 Å². The van der Waals surface area contributed by atoms with Crippen LogP contribution in [0.5, 0.6) is 0 Å². The molecule has 2 N–H and O–H groups in total. The number of hydrogen-bond acceptors (Lipinski definition) is 6. The van der Waals surface area contributed by atoms with E-state index in [9.17, 15) is 23.6 Å². The van der Waals surface area contributed by atoms with Crippen molar-refractivity contribution in [3.8, 4) is 0 Å². The zero-order valence-electron chi connectivity index (χ0n) is 17.7. The highest BCUT2D eigenvalue weighted by atomic mass is 32.2. The second-order valence-electron chi connectivity index (χ2n) is 7.05. The third-order valence-corrected chi connectivity index (χ3v) is 5.66. The fourth-order valence-electron chi connectivity index (χ4n) is 3.08. The van der Waals surface area contributed by atoms with E-state index in [1.165, 1.54) is 37.5 Å². The number of imide groups is 1. The standard InChI is InChI=1S/C23H22FN3O5S/c1-32-22(30)26-18(13-15-5-3-2-4-6-15)20(28)25-11-12-27-21(29)19(33-23(27)31)14-16-7-9-17(24)10-8-16/h2-10,14,18H,11-13H2,1H3,(H,25,28)(H,26,30)/b19-14+. The first kappa shape index (κ1) is 24.0. The molecule has 0 aromatic heterocycles. The molecule has 0 bridgehead atoms. The maximum absolute atomic E-state index is 13.1. The number of nitrogens with zero attached hydrogens (tertiary/aromatic N) is 1. The highest BCUT2D eigenvalue weighted by Gasteiger charge is 2.34. The molecule has 172 valence electrons. The number of methoxy groups -OCH3 is 1. The highest BCUT2D eigenvalue weighted by molar-refractivity contribution is 8.18. The van der Waals surface area contributed by atoms with E-state index in [2.05, 4.69) is 15.4 Å². The van der Waals surface area contributed by atoms with Crippen molar-refractivity contribution >= 4 is 41.0 Å². The van der Waals surface area contributed by atoms with Gasteiger partial charge in [-0.2, -0.15) is 0 Å². The van der Waals surface area contributed by atoms with Crippen molar-refractivity contribution in [3.05, 3.63) is 76.4 Å². The Balaban J connectivity index is 1.58. The van der Waals surface area contributed by atoms with E-state index < -0.39 is 35.0 Å². The molecule has 1 saturated heterocycles. The van der Waals surface area contributed by atoms with E-state index >= 15 is 0 Å². The van der Waals surface area contributed by atoms with Crippen LogP contribution in [-0.2, 0) is 20.7 Å². The van der Waals surface area contributed by atoms with Gasteiger partial charge in [0.15, 0.2) is 0 Å². The van der Waals surface area contributed by atoms with Crippen molar-refractivity contribution in [1.29, 1.82) is 0 Å². The molecule has 0 saturated carbocycles. The van der Waals surface area contributed by atoms with Gasteiger partial charge in [-0.25, -0.2) is 9.18 Å². The Kier molecular flexibility index (Phi) is 8.20. The van der Waals surface area contributed by atoms with Crippen LogP contribution in [-0.4, -0.2) is 54.3 Å². The number of hydrogen-bond donors (Lipinski definition) is 2. The van der Waals surface area contributed by atoms with Crippen LogP contribution in [0, 0.1) is 5.82 Å². The Morgan fingerprint density at radius 2 is 1.82 bits per heavy atom.